The molecule has 0 radical (unpaired) electrons. The van der Waals surface area contributed by atoms with Gasteiger partial charge in [0, 0.05) is 40.8 Å². The number of hydrogen-bond donors (Lipinski definition) is 1. The van der Waals surface area contributed by atoms with Crippen LogP contribution in [0.25, 0.3) is 10.9 Å². The van der Waals surface area contributed by atoms with E-state index in [4.69, 9.17) is 11.6 Å². The zero-order valence-corrected chi connectivity index (χ0v) is 19.9. The van der Waals surface area contributed by atoms with Gasteiger partial charge in [0.2, 0.25) is 11.8 Å². The molecule has 172 valence electrons. The quantitative estimate of drug-likeness (QED) is 0.410. The molecule has 1 N–H and O–H groups in total. The number of thioether (sulfide) groups is 1. The van der Waals surface area contributed by atoms with E-state index >= 15 is 0 Å². The van der Waals surface area contributed by atoms with Crippen molar-refractivity contribution in [3.63, 3.8) is 0 Å². The number of nitrogens with zero attached hydrogens (tertiary/aromatic N) is 2. The molecule has 1 unspecified atom stereocenters. The van der Waals surface area contributed by atoms with Crippen LogP contribution in [0.15, 0.2) is 77.8 Å². The van der Waals surface area contributed by atoms with Crippen LogP contribution in [0, 0.1) is 5.82 Å². The van der Waals surface area contributed by atoms with Gasteiger partial charge in [-0.15, -0.1) is 0 Å². The predicted octanol–water partition coefficient (Wildman–Crippen LogP) is 5.47. The van der Waals surface area contributed by atoms with Gasteiger partial charge >= 0.3 is 0 Å². The lowest BCUT2D eigenvalue weighted by Crippen LogP contribution is -2.43. The Morgan fingerprint density at radius 1 is 1.09 bits per heavy atom. The summed E-state index contributed by atoms with van der Waals surface area (Å²) in [6, 6.07) is 19.9. The maximum Gasteiger partial charge on any atom is 0.248 e. The van der Waals surface area contributed by atoms with Crippen molar-refractivity contribution in [2.75, 3.05) is 10.7 Å². The van der Waals surface area contributed by atoms with Crippen LogP contribution in [-0.4, -0.2) is 22.1 Å². The van der Waals surface area contributed by atoms with E-state index in [1.807, 2.05) is 35.9 Å². The maximum absolute atomic E-state index is 13.8. The summed E-state index contributed by atoms with van der Waals surface area (Å²) >= 11 is 7.53. The number of benzene rings is 3. The lowest BCUT2D eigenvalue weighted by Gasteiger charge is -2.30. The fraction of sp³-hybridized carbons (Fsp3) is 0.154. The number of hydrogen-bond acceptors (Lipinski definition) is 3. The first-order valence-electron chi connectivity index (χ1n) is 10.7. The van der Waals surface area contributed by atoms with E-state index in [-0.39, 0.29) is 29.9 Å². The third-order valence-corrected chi connectivity index (χ3v) is 7.37. The van der Waals surface area contributed by atoms with Gasteiger partial charge in [0.25, 0.3) is 0 Å². The fourth-order valence-corrected chi connectivity index (χ4v) is 5.54. The molecule has 1 aliphatic heterocycles. The van der Waals surface area contributed by atoms with E-state index in [0.717, 1.165) is 27.1 Å². The molecule has 5 nitrogen and oxygen atoms in total. The molecule has 0 spiro atoms. The average Bonchev–Trinajstić information content (AvgIpc) is 3.02. The highest BCUT2D eigenvalue weighted by atomic mass is 35.5. The van der Waals surface area contributed by atoms with Gasteiger partial charge in [0.1, 0.15) is 11.9 Å². The number of amides is 2. The van der Waals surface area contributed by atoms with E-state index < -0.39 is 6.04 Å². The molecule has 0 fully saturated rings. The number of aromatic nitrogens is 1. The number of fused-ring (bicyclic) bond motifs is 3. The van der Waals surface area contributed by atoms with E-state index in [1.54, 1.807) is 41.3 Å². The molecule has 8 heteroatoms. The molecule has 1 aliphatic rings. The van der Waals surface area contributed by atoms with Crippen LogP contribution in [0.1, 0.15) is 17.2 Å². The molecular formula is C26H21ClFN3O2S. The number of carbonyl (C=O) groups is 2. The molecule has 1 atom stereocenters. The van der Waals surface area contributed by atoms with Crippen molar-refractivity contribution in [1.82, 2.24) is 9.88 Å². The highest BCUT2D eigenvalue weighted by Crippen LogP contribution is 2.43. The zero-order valence-electron chi connectivity index (χ0n) is 18.3. The van der Waals surface area contributed by atoms with Gasteiger partial charge in [-0.2, -0.15) is 0 Å². The highest BCUT2D eigenvalue weighted by molar-refractivity contribution is 8.00. The first-order valence-corrected chi connectivity index (χ1v) is 12.1. The van der Waals surface area contributed by atoms with E-state index in [0.29, 0.717) is 10.7 Å². The SMILES string of the molecule is Cn1c2c(c3ccccc31)C(C(=O)NCc1ccc(F)cc1)N(c1ccc(Cl)cc1)C(=O)CS2. The lowest BCUT2D eigenvalue weighted by molar-refractivity contribution is -0.125. The molecule has 34 heavy (non-hydrogen) atoms. The van der Waals surface area contributed by atoms with Crippen molar-refractivity contribution in [2.24, 2.45) is 7.05 Å². The Kier molecular flexibility index (Phi) is 6.06. The number of aryl methyl sites for hydroxylation is 1. The summed E-state index contributed by atoms with van der Waals surface area (Å²) in [5.74, 6) is -0.625. The number of nitrogens with one attached hydrogen (secondary N) is 1. The van der Waals surface area contributed by atoms with Gasteiger partial charge in [0.05, 0.1) is 10.8 Å². The molecule has 0 bridgehead atoms. The second-order valence-corrected chi connectivity index (χ2v) is 9.47. The monoisotopic (exact) mass is 493 g/mol. The number of anilines is 1. The number of carbonyl (C=O) groups excluding carboxylic acids is 2. The Morgan fingerprint density at radius 3 is 2.53 bits per heavy atom. The summed E-state index contributed by atoms with van der Waals surface area (Å²) in [5, 5.41) is 5.31. The Hall–Kier alpha value is -3.29. The third kappa shape index (κ3) is 4.06. The molecule has 2 heterocycles. The molecule has 1 aromatic heterocycles. The van der Waals surface area contributed by atoms with Crippen LogP contribution < -0.4 is 10.2 Å². The van der Waals surface area contributed by atoms with Crippen LogP contribution >= 0.6 is 23.4 Å². The normalized spacial score (nSPS) is 15.8. The molecule has 0 saturated carbocycles. The summed E-state index contributed by atoms with van der Waals surface area (Å²) in [6.07, 6.45) is 0. The first-order chi connectivity index (χ1) is 16.4. The van der Waals surface area contributed by atoms with Crippen molar-refractivity contribution < 1.29 is 14.0 Å². The summed E-state index contributed by atoms with van der Waals surface area (Å²) < 4.78 is 15.3. The number of rotatable bonds is 4. The van der Waals surface area contributed by atoms with Gasteiger partial charge in [-0.1, -0.05) is 53.7 Å². The van der Waals surface area contributed by atoms with Crippen LogP contribution in [-0.2, 0) is 23.2 Å². The van der Waals surface area contributed by atoms with Crippen LogP contribution in [0.5, 0.6) is 0 Å². The standard InChI is InChI=1S/C26H21ClFN3O2S/c1-30-21-5-3-2-4-20(21)23-24(25(33)29-14-16-6-10-18(28)11-7-16)31(22(32)15-34-26(23)30)19-12-8-17(27)9-13-19/h2-13,24H,14-15H2,1H3,(H,29,33). The topological polar surface area (TPSA) is 54.3 Å². The summed E-state index contributed by atoms with van der Waals surface area (Å²) in [5.41, 5.74) is 3.14. The van der Waals surface area contributed by atoms with Crippen LogP contribution in [0.2, 0.25) is 5.02 Å². The average molecular weight is 494 g/mol. The third-order valence-electron chi connectivity index (χ3n) is 5.96. The Labute approximate surface area is 205 Å². The van der Waals surface area contributed by atoms with Crippen molar-refractivity contribution >= 4 is 51.8 Å². The van der Waals surface area contributed by atoms with E-state index in [1.165, 1.54) is 23.9 Å². The van der Waals surface area contributed by atoms with Gasteiger partial charge in [-0.05, 0) is 48.0 Å². The van der Waals surface area contributed by atoms with E-state index in [2.05, 4.69) is 5.32 Å². The zero-order chi connectivity index (χ0) is 23.8. The van der Waals surface area contributed by atoms with Crippen LogP contribution in [0.3, 0.4) is 0 Å². The number of halogens is 2. The molecule has 4 aromatic rings. The molecule has 5 rings (SSSR count). The fourth-order valence-electron chi connectivity index (χ4n) is 4.34. The summed E-state index contributed by atoms with van der Waals surface area (Å²) in [6.45, 7) is 0.214. The highest BCUT2D eigenvalue weighted by Gasteiger charge is 2.39. The Bertz CT molecular complexity index is 1390. The summed E-state index contributed by atoms with van der Waals surface area (Å²) in [4.78, 5) is 28.7. The minimum atomic E-state index is -0.884. The van der Waals surface area contributed by atoms with Crippen LogP contribution in [0.4, 0.5) is 10.1 Å². The predicted molar refractivity (Wildman–Crippen MR) is 134 cm³/mol. The maximum atomic E-state index is 13.8. The first kappa shape index (κ1) is 22.5. The second kappa shape index (κ2) is 9.16. The van der Waals surface area contributed by atoms with Gasteiger partial charge in [-0.25, -0.2) is 4.39 Å². The molecule has 2 amide bonds. The summed E-state index contributed by atoms with van der Waals surface area (Å²) in [7, 11) is 1.95. The number of para-hydroxylation sites is 1. The van der Waals surface area contributed by atoms with Crippen molar-refractivity contribution in [3.8, 4) is 0 Å². The molecular weight excluding hydrogens is 473 g/mol. The Balaban J connectivity index is 1.63. The smallest absolute Gasteiger partial charge is 0.248 e. The van der Waals surface area contributed by atoms with Crippen molar-refractivity contribution in [1.29, 1.82) is 0 Å². The Morgan fingerprint density at radius 2 is 1.79 bits per heavy atom. The molecule has 3 aromatic carbocycles. The van der Waals surface area contributed by atoms with Gasteiger partial charge < -0.3 is 9.88 Å². The second-order valence-electron chi connectivity index (χ2n) is 8.07. The van der Waals surface area contributed by atoms with Crippen molar-refractivity contribution in [2.45, 2.75) is 17.6 Å². The van der Waals surface area contributed by atoms with Gasteiger partial charge in [0.15, 0.2) is 0 Å². The minimum Gasteiger partial charge on any atom is -0.350 e. The van der Waals surface area contributed by atoms with Crippen molar-refractivity contribution in [3.05, 3.63) is 94.8 Å². The molecule has 0 saturated heterocycles. The van der Waals surface area contributed by atoms with Gasteiger partial charge in [-0.3, -0.25) is 14.5 Å². The lowest BCUT2D eigenvalue weighted by atomic mass is 10.0. The minimum absolute atomic E-state index is 0.172. The molecule has 0 aliphatic carbocycles. The van der Waals surface area contributed by atoms with E-state index in [9.17, 15) is 14.0 Å². The largest absolute Gasteiger partial charge is 0.350 e.